The van der Waals surface area contributed by atoms with Gasteiger partial charge in [-0.2, -0.15) is 13.2 Å². The summed E-state index contributed by atoms with van der Waals surface area (Å²) < 4.78 is 51.3. The molecule has 3 aromatic rings. The number of nitrogens with one attached hydrogen (secondary N) is 2. The van der Waals surface area contributed by atoms with E-state index in [2.05, 4.69) is 25.3 Å². The Morgan fingerprint density at radius 1 is 1.17 bits per heavy atom. The zero-order chi connectivity index (χ0) is 16.4. The van der Waals surface area contributed by atoms with Crippen molar-refractivity contribution in [3.63, 3.8) is 0 Å². The third kappa shape index (κ3) is 3.52. The van der Waals surface area contributed by atoms with E-state index >= 15 is 0 Å². The standard InChI is InChI=1S/C13H9F4N5S/c14-9-7(2-1-3-8(9)23-13(15,16)17)4-18-11-10-12(20-5-19-10)22-6-21-11/h1-3,5-6H,4H2,(H2,18,19,20,21,22). The molecule has 23 heavy (non-hydrogen) atoms. The van der Waals surface area contributed by atoms with Gasteiger partial charge in [-0.1, -0.05) is 12.1 Å². The number of imidazole rings is 1. The van der Waals surface area contributed by atoms with E-state index in [4.69, 9.17) is 0 Å². The van der Waals surface area contributed by atoms with Gasteiger partial charge >= 0.3 is 5.51 Å². The summed E-state index contributed by atoms with van der Waals surface area (Å²) in [5.41, 5.74) is -3.47. The van der Waals surface area contributed by atoms with Crippen molar-refractivity contribution in [2.45, 2.75) is 16.9 Å². The van der Waals surface area contributed by atoms with E-state index in [9.17, 15) is 17.6 Å². The highest BCUT2D eigenvalue weighted by molar-refractivity contribution is 8.00. The molecule has 0 fully saturated rings. The average Bonchev–Trinajstić information content (AvgIpc) is 2.96. The lowest BCUT2D eigenvalue weighted by Gasteiger charge is -2.11. The van der Waals surface area contributed by atoms with Crippen molar-refractivity contribution >= 4 is 28.7 Å². The Bertz CT molecular complexity index is 833. The number of hydrogen-bond acceptors (Lipinski definition) is 5. The number of aromatic amines is 1. The molecule has 5 nitrogen and oxygen atoms in total. The van der Waals surface area contributed by atoms with Crippen LogP contribution in [-0.2, 0) is 6.54 Å². The lowest BCUT2D eigenvalue weighted by Crippen LogP contribution is -2.06. The molecule has 0 amide bonds. The number of thioether (sulfide) groups is 1. The highest BCUT2D eigenvalue weighted by Crippen LogP contribution is 2.38. The normalized spacial score (nSPS) is 11.8. The van der Waals surface area contributed by atoms with Crippen LogP contribution in [0.15, 0.2) is 35.7 Å². The fourth-order valence-electron chi connectivity index (χ4n) is 1.97. The van der Waals surface area contributed by atoms with Crippen LogP contribution in [0.4, 0.5) is 23.4 Å². The fourth-order valence-corrected chi connectivity index (χ4v) is 2.59. The van der Waals surface area contributed by atoms with E-state index < -0.39 is 28.0 Å². The van der Waals surface area contributed by atoms with Crippen LogP contribution in [0.1, 0.15) is 5.56 Å². The van der Waals surface area contributed by atoms with Crippen LogP contribution in [0.25, 0.3) is 11.2 Å². The molecule has 2 aromatic heterocycles. The molecule has 0 atom stereocenters. The molecule has 2 N–H and O–H groups in total. The summed E-state index contributed by atoms with van der Waals surface area (Å²) in [7, 11) is 0. The molecule has 2 heterocycles. The van der Waals surface area contributed by atoms with E-state index in [1.807, 2.05) is 0 Å². The van der Waals surface area contributed by atoms with Gasteiger partial charge in [-0.15, -0.1) is 0 Å². The number of rotatable bonds is 4. The maximum Gasteiger partial charge on any atom is 0.446 e. The molecule has 0 unspecified atom stereocenters. The molecule has 0 bridgehead atoms. The highest BCUT2D eigenvalue weighted by Gasteiger charge is 2.31. The smallest absolute Gasteiger partial charge is 0.364 e. The summed E-state index contributed by atoms with van der Waals surface area (Å²) in [6, 6.07) is 3.88. The molecule has 0 saturated heterocycles. The molecule has 10 heteroatoms. The zero-order valence-corrected chi connectivity index (χ0v) is 12.2. The van der Waals surface area contributed by atoms with Crippen LogP contribution < -0.4 is 5.32 Å². The Kier molecular flexibility index (Phi) is 4.07. The second-order valence-corrected chi connectivity index (χ2v) is 5.56. The average molecular weight is 343 g/mol. The van der Waals surface area contributed by atoms with Crippen LogP contribution in [0.5, 0.6) is 0 Å². The van der Waals surface area contributed by atoms with Crippen molar-refractivity contribution in [3.8, 4) is 0 Å². The molecule has 0 radical (unpaired) electrons. The second kappa shape index (κ2) is 6.03. The number of fused-ring (bicyclic) bond motifs is 1. The predicted molar refractivity (Wildman–Crippen MR) is 77.3 cm³/mol. The van der Waals surface area contributed by atoms with Crippen molar-refractivity contribution in [2.75, 3.05) is 5.32 Å². The van der Waals surface area contributed by atoms with Crippen molar-refractivity contribution in [2.24, 2.45) is 0 Å². The Labute approximate surface area is 131 Å². The summed E-state index contributed by atoms with van der Waals surface area (Å²) in [4.78, 5) is 14.3. The van der Waals surface area contributed by atoms with Crippen LogP contribution in [-0.4, -0.2) is 25.4 Å². The van der Waals surface area contributed by atoms with Gasteiger partial charge in [0.1, 0.15) is 17.7 Å². The first kappa shape index (κ1) is 15.5. The molecule has 1 aromatic carbocycles. The van der Waals surface area contributed by atoms with Crippen LogP contribution in [0.2, 0.25) is 0 Å². The summed E-state index contributed by atoms with van der Waals surface area (Å²) in [5.74, 6) is -0.516. The Balaban J connectivity index is 1.81. The van der Waals surface area contributed by atoms with E-state index in [-0.39, 0.29) is 12.1 Å². The Morgan fingerprint density at radius 2 is 2.00 bits per heavy atom. The first-order valence-corrected chi connectivity index (χ1v) is 7.17. The van der Waals surface area contributed by atoms with Crippen LogP contribution in [0.3, 0.4) is 0 Å². The summed E-state index contributed by atoms with van der Waals surface area (Å²) in [5, 5.41) is 2.87. The largest absolute Gasteiger partial charge is 0.446 e. The summed E-state index contributed by atoms with van der Waals surface area (Å²) in [6.07, 6.45) is 2.73. The van der Waals surface area contributed by atoms with E-state index in [1.165, 1.54) is 24.8 Å². The maximum atomic E-state index is 14.1. The number of hydrogen-bond donors (Lipinski definition) is 2. The van der Waals surface area contributed by atoms with Crippen LogP contribution in [0, 0.1) is 5.82 Å². The molecule has 3 rings (SSSR count). The van der Waals surface area contributed by atoms with E-state index in [1.54, 1.807) is 0 Å². The number of alkyl halides is 3. The number of aromatic nitrogens is 4. The van der Waals surface area contributed by atoms with Gasteiger partial charge in [-0.25, -0.2) is 19.3 Å². The number of H-pyrrole nitrogens is 1. The molecule has 120 valence electrons. The third-order valence-corrected chi connectivity index (χ3v) is 3.70. The molecule has 0 aliphatic rings. The Hall–Kier alpha value is -2.36. The second-order valence-electron chi connectivity index (χ2n) is 4.45. The minimum Gasteiger partial charge on any atom is -0.364 e. The molecular weight excluding hydrogens is 334 g/mol. The lowest BCUT2D eigenvalue weighted by molar-refractivity contribution is -0.0329. The van der Waals surface area contributed by atoms with Gasteiger partial charge in [0.2, 0.25) is 0 Å². The first-order valence-electron chi connectivity index (χ1n) is 6.35. The van der Waals surface area contributed by atoms with Crippen molar-refractivity contribution < 1.29 is 17.6 Å². The SMILES string of the molecule is Fc1c(CNc2ncnc3nc[nH]c23)cccc1SC(F)(F)F. The Morgan fingerprint density at radius 3 is 2.78 bits per heavy atom. The van der Waals surface area contributed by atoms with Crippen molar-refractivity contribution in [3.05, 3.63) is 42.2 Å². The number of nitrogens with zero attached hydrogens (tertiary/aromatic N) is 3. The van der Waals surface area contributed by atoms with Gasteiger partial charge in [0.05, 0.1) is 11.2 Å². The molecule has 0 saturated carbocycles. The first-order chi connectivity index (χ1) is 10.9. The van der Waals surface area contributed by atoms with E-state index in [0.717, 1.165) is 6.07 Å². The monoisotopic (exact) mass is 343 g/mol. The van der Waals surface area contributed by atoms with Gasteiger partial charge in [-0.3, -0.25) is 0 Å². The summed E-state index contributed by atoms with van der Waals surface area (Å²) in [6.45, 7) is -0.0246. The zero-order valence-electron chi connectivity index (χ0n) is 11.4. The quantitative estimate of drug-likeness (QED) is 0.558. The summed E-state index contributed by atoms with van der Waals surface area (Å²) >= 11 is -0.477. The number of halogens is 4. The number of anilines is 1. The molecule has 0 aliphatic heterocycles. The van der Waals surface area contributed by atoms with Gasteiger partial charge in [0, 0.05) is 12.1 Å². The van der Waals surface area contributed by atoms with Crippen molar-refractivity contribution in [1.29, 1.82) is 0 Å². The van der Waals surface area contributed by atoms with E-state index in [0.29, 0.717) is 17.0 Å². The van der Waals surface area contributed by atoms with Gasteiger partial charge < -0.3 is 10.3 Å². The topological polar surface area (TPSA) is 66.5 Å². The van der Waals surface area contributed by atoms with Gasteiger partial charge in [-0.05, 0) is 17.8 Å². The predicted octanol–water partition coefficient (Wildman–Crippen LogP) is 3.72. The lowest BCUT2D eigenvalue weighted by atomic mass is 10.2. The molecule has 0 aliphatic carbocycles. The number of benzene rings is 1. The highest BCUT2D eigenvalue weighted by atomic mass is 32.2. The van der Waals surface area contributed by atoms with Crippen LogP contribution >= 0.6 is 11.8 Å². The third-order valence-electron chi connectivity index (χ3n) is 2.94. The fraction of sp³-hybridized carbons (Fsp3) is 0.154. The minimum atomic E-state index is -4.54. The van der Waals surface area contributed by atoms with Gasteiger partial charge in [0.25, 0.3) is 0 Å². The molecular formula is C13H9F4N5S. The maximum absolute atomic E-state index is 14.1. The van der Waals surface area contributed by atoms with Crippen molar-refractivity contribution in [1.82, 2.24) is 19.9 Å². The molecule has 0 spiro atoms. The minimum absolute atomic E-state index is 0.0246. The van der Waals surface area contributed by atoms with Gasteiger partial charge in [0.15, 0.2) is 11.5 Å².